The van der Waals surface area contributed by atoms with Crippen LogP contribution in [0.5, 0.6) is 0 Å². The minimum absolute atomic E-state index is 0.00616. The predicted octanol–water partition coefficient (Wildman–Crippen LogP) is 5.40. The molecule has 1 aromatic heterocycles. The Kier molecular flexibility index (Phi) is 7.90. The van der Waals surface area contributed by atoms with E-state index < -0.39 is 0 Å². The fourth-order valence-electron chi connectivity index (χ4n) is 3.13. The molecule has 166 valence electrons. The third kappa shape index (κ3) is 7.03. The Morgan fingerprint density at radius 1 is 0.970 bits per heavy atom. The predicted molar refractivity (Wildman–Crippen MR) is 138 cm³/mol. The van der Waals surface area contributed by atoms with Crippen molar-refractivity contribution >= 4 is 56.9 Å². The molecule has 2 N–H and O–H groups in total. The van der Waals surface area contributed by atoms with Gasteiger partial charge >= 0.3 is 0 Å². The van der Waals surface area contributed by atoms with E-state index in [1.54, 1.807) is 6.08 Å². The molecule has 0 atom stereocenters. The Morgan fingerprint density at radius 3 is 2.52 bits per heavy atom. The SMILES string of the molecule is O=C(/C=C/c1ccccc1)Nc1ccc2nc(SCC(=O)NCCc3ccccc3)sc2c1. The molecule has 7 heteroatoms. The van der Waals surface area contributed by atoms with Crippen molar-refractivity contribution in [2.24, 2.45) is 0 Å². The van der Waals surface area contributed by atoms with Crippen molar-refractivity contribution in [3.8, 4) is 0 Å². The highest BCUT2D eigenvalue weighted by Crippen LogP contribution is 2.31. The first-order valence-electron chi connectivity index (χ1n) is 10.5. The van der Waals surface area contributed by atoms with Gasteiger partial charge in [0, 0.05) is 18.3 Å². The monoisotopic (exact) mass is 473 g/mol. The first kappa shape index (κ1) is 22.8. The number of anilines is 1. The van der Waals surface area contributed by atoms with Crippen LogP contribution < -0.4 is 10.6 Å². The number of fused-ring (bicyclic) bond motifs is 1. The van der Waals surface area contributed by atoms with Crippen LogP contribution in [-0.4, -0.2) is 29.1 Å². The molecule has 0 aliphatic carbocycles. The topological polar surface area (TPSA) is 71.1 Å². The number of benzene rings is 3. The summed E-state index contributed by atoms with van der Waals surface area (Å²) < 4.78 is 1.79. The van der Waals surface area contributed by atoms with Crippen LogP contribution in [0.4, 0.5) is 5.69 Å². The summed E-state index contributed by atoms with van der Waals surface area (Å²) in [6.45, 7) is 0.616. The third-order valence-corrected chi connectivity index (χ3v) is 6.93. The number of carbonyl (C=O) groups excluding carboxylic acids is 2. The van der Waals surface area contributed by atoms with Crippen LogP contribution in [0, 0.1) is 0 Å². The van der Waals surface area contributed by atoms with E-state index in [4.69, 9.17) is 0 Å². The molecule has 0 saturated carbocycles. The average Bonchev–Trinajstić information content (AvgIpc) is 3.25. The molecule has 1 heterocycles. The van der Waals surface area contributed by atoms with Crippen molar-refractivity contribution in [2.75, 3.05) is 17.6 Å². The zero-order valence-electron chi connectivity index (χ0n) is 17.9. The summed E-state index contributed by atoms with van der Waals surface area (Å²) in [5.41, 5.74) is 3.74. The molecular formula is C26H23N3O2S2. The van der Waals surface area contributed by atoms with Crippen molar-refractivity contribution in [1.29, 1.82) is 0 Å². The van der Waals surface area contributed by atoms with Crippen LogP contribution in [0.25, 0.3) is 16.3 Å². The smallest absolute Gasteiger partial charge is 0.248 e. The summed E-state index contributed by atoms with van der Waals surface area (Å²) in [6.07, 6.45) is 4.11. The zero-order chi connectivity index (χ0) is 22.9. The van der Waals surface area contributed by atoms with Crippen molar-refractivity contribution in [3.05, 3.63) is 96.1 Å². The average molecular weight is 474 g/mol. The summed E-state index contributed by atoms with van der Waals surface area (Å²) in [5.74, 6) is 0.125. The second-order valence-corrected chi connectivity index (χ2v) is 9.52. The Bertz CT molecular complexity index is 1250. The second-order valence-electron chi connectivity index (χ2n) is 7.27. The summed E-state index contributed by atoms with van der Waals surface area (Å²) in [6, 6.07) is 25.4. The Hall–Kier alpha value is -3.42. The van der Waals surface area contributed by atoms with Gasteiger partial charge in [0.2, 0.25) is 11.8 Å². The van der Waals surface area contributed by atoms with E-state index in [2.05, 4.69) is 27.8 Å². The van der Waals surface area contributed by atoms with Gasteiger partial charge in [-0.15, -0.1) is 11.3 Å². The molecule has 33 heavy (non-hydrogen) atoms. The van der Waals surface area contributed by atoms with Crippen molar-refractivity contribution in [2.45, 2.75) is 10.8 Å². The van der Waals surface area contributed by atoms with E-state index in [9.17, 15) is 9.59 Å². The third-order valence-electron chi connectivity index (χ3n) is 4.77. The highest BCUT2D eigenvalue weighted by Gasteiger charge is 2.09. The van der Waals surface area contributed by atoms with Crippen molar-refractivity contribution in [1.82, 2.24) is 10.3 Å². The number of rotatable bonds is 9. The largest absolute Gasteiger partial charge is 0.355 e. The lowest BCUT2D eigenvalue weighted by atomic mass is 10.1. The fourth-order valence-corrected chi connectivity index (χ4v) is 5.07. The number of hydrogen-bond donors (Lipinski definition) is 2. The van der Waals surface area contributed by atoms with Crippen LogP contribution in [0.1, 0.15) is 11.1 Å². The molecule has 4 aromatic rings. The molecule has 0 aliphatic rings. The molecule has 0 aliphatic heterocycles. The number of thiazole rings is 1. The maximum absolute atomic E-state index is 12.2. The minimum atomic E-state index is -0.190. The van der Waals surface area contributed by atoms with Gasteiger partial charge in [-0.1, -0.05) is 72.4 Å². The molecule has 0 unspecified atom stereocenters. The maximum atomic E-state index is 12.2. The van der Waals surface area contributed by atoms with Gasteiger partial charge in [0.25, 0.3) is 0 Å². The van der Waals surface area contributed by atoms with Gasteiger partial charge in [-0.25, -0.2) is 4.98 Å². The Morgan fingerprint density at radius 2 is 1.73 bits per heavy atom. The molecule has 0 spiro atoms. The van der Waals surface area contributed by atoms with Crippen LogP contribution in [0.2, 0.25) is 0 Å². The van der Waals surface area contributed by atoms with Crippen LogP contribution in [-0.2, 0) is 16.0 Å². The highest BCUT2D eigenvalue weighted by atomic mass is 32.2. The number of aromatic nitrogens is 1. The summed E-state index contributed by atoms with van der Waals surface area (Å²) in [7, 11) is 0. The van der Waals surface area contributed by atoms with Gasteiger partial charge in [-0.3, -0.25) is 9.59 Å². The molecular weight excluding hydrogens is 450 g/mol. The van der Waals surface area contributed by atoms with E-state index in [-0.39, 0.29) is 11.8 Å². The summed E-state index contributed by atoms with van der Waals surface area (Å²) in [4.78, 5) is 29.0. The lowest BCUT2D eigenvalue weighted by Crippen LogP contribution is -2.27. The normalized spacial score (nSPS) is 11.0. The summed E-state index contributed by atoms with van der Waals surface area (Å²) >= 11 is 2.94. The molecule has 0 radical (unpaired) electrons. The van der Waals surface area contributed by atoms with Gasteiger partial charge in [-0.05, 0) is 41.8 Å². The Balaban J connectivity index is 1.27. The van der Waals surface area contributed by atoms with Crippen molar-refractivity contribution < 1.29 is 9.59 Å². The number of hydrogen-bond acceptors (Lipinski definition) is 5. The molecule has 3 aromatic carbocycles. The maximum Gasteiger partial charge on any atom is 0.248 e. The number of thioether (sulfide) groups is 1. The van der Waals surface area contributed by atoms with Gasteiger partial charge in [0.05, 0.1) is 16.0 Å². The first-order chi connectivity index (χ1) is 16.2. The standard InChI is InChI=1S/C26H23N3O2S2/c30-24(14-11-19-7-3-1-4-8-19)28-21-12-13-22-23(17-21)33-26(29-22)32-18-25(31)27-16-15-20-9-5-2-6-10-20/h1-14,17H,15-16,18H2,(H,27,31)(H,28,30)/b14-11+. The number of nitrogens with zero attached hydrogens (tertiary/aromatic N) is 1. The number of amides is 2. The van der Waals surface area contributed by atoms with E-state index in [1.807, 2.05) is 66.7 Å². The van der Waals surface area contributed by atoms with E-state index in [1.165, 1.54) is 34.7 Å². The first-order valence-corrected chi connectivity index (χ1v) is 12.3. The van der Waals surface area contributed by atoms with E-state index >= 15 is 0 Å². The lowest BCUT2D eigenvalue weighted by molar-refractivity contribution is -0.118. The number of nitrogens with one attached hydrogen (secondary N) is 2. The molecule has 0 bridgehead atoms. The van der Waals surface area contributed by atoms with E-state index in [0.29, 0.717) is 18.0 Å². The van der Waals surface area contributed by atoms with Gasteiger partial charge < -0.3 is 10.6 Å². The van der Waals surface area contributed by atoms with Gasteiger partial charge in [0.1, 0.15) is 0 Å². The molecule has 4 rings (SSSR count). The van der Waals surface area contributed by atoms with Crippen LogP contribution >= 0.6 is 23.1 Å². The molecule has 5 nitrogen and oxygen atoms in total. The van der Waals surface area contributed by atoms with Gasteiger partial charge in [0.15, 0.2) is 4.34 Å². The quantitative estimate of drug-likeness (QED) is 0.252. The second kappa shape index (κ2) is 11.4. The van der Waals surface area contributed by atoms with Crippen LogP contribution in [0.15, 0.2) is 89.3 Å². The Labute approximate surface area is 200 Å². The molecule has 2 amide bonds. The van der Waals surface area contributed by atoms with Crippen molar-refractivity contribution in [3.63, 3.8) is 0 Å². The zero-order valence-corrected chi connectivity index (χ0v) is 19.5. The number of carbonyl (C=O) groups is 2. The minimum Gasteiger partial charge on any atom is -0.355 e. The molecule has 0 fully saturated rings. The fraction of sp³-hybridized carbons (Fsp3) is 0.115. The highest BCUT2D eigenvalue weighted by molar-refractivity contribution is 8.01. The molecule has 0 saturated heterocycles. The summed E-state index contributed by atoms with van der Waals surface area (Å²) in [5, 5.41) is 5.84. The van der Waals surface area contributed by atoms with E-state index in [0.717, 1.165) is 26.5 Å². The van der Waals surface area contributed by atoms with Gasteiger partial charge in [-0.2, -0.15) is 0 Å². The lowest BCUT2D eigenvalue weighted by Gasteiger charge is -2.04. The van der Waals surface area contributed by atoms with Crippen LogP contribution in [0.3, 0.4) is 0 Å².